The molecular formula is C14H18AsF2NO. The van der Waals surface area contributed by atoms with Crippen LogP contribution in [0.5, 0.6) is 0 Å². The summed E-state index contributed by atoms with van der Waals surface area (Å²) >= 11 is 2.52. The molecule has 1 unspecified atom stereocenters. The standard InChI is InChI=1S/C14H18AsF2NO/c1-10(19)12-3-2-11(8-18-12)13(9-15)4-6-14(16,17)7-5-13/h2-3,8,10,19H,4-7,9H2,1H3. The predicted octanol–water partition coefficient (Wildman–Crippen LogP) is 3.17. The number of hydrogen-bond donors (Lipinski definition) is 1. The Morgan fingerprint density at radius 2 is 1.95 bits per heavy atom. The Balaban J connectivity index is 2.22. The fourth-order valence-corrected chi connectivity index (χ4v) is 3.65. The average Bonchev–Trinajstić information content (AvgIpc) is 2.40. The first-order chi connectivity index (χ1) is 8.88. The molecule has 1 fully saturated rings. The second kappa shape index (κ2) is 5.49. The molecule has 19 heavy (non-hydrogen) atoms. The molecule has 1 aromatic heterocycles. The van der Waals surface area contributed by atoms with E-state index in [4.69, 9.17) is 0 Å². The third-order valence-electron chi connectivity index (χ3n) is 4.07. The van der Waals surface area contributed by atoms with E-state index in [2.05, 4.69) is 21.8 Å². The van der Waals surface area contributed by atoms with Gasteiger partial charge < -0.3 is 0 Å². The molecule has 0 bridgehead atoms. The molecule has 5 heteroatoms. The number of rotatable bonds is 3. The summed E-state index contributed by atoms with van der Waals surface area (Å²) in [6, 6.07) is 3.71. The monoisotopic (exact) mass is 329 g/mol. The molecule has 0 aromatic carbocycles. The molecule has 0 saturated heterocycles. The molecule has 0 spiro atoms. The molecule has 1 saturated carbocycles. The van der Waals surface area contributed by atoms with Crippen LogP contribution >= 0.6 is 0 Å². The van der Waals surface area contributed by atoms with Crippen molar-refractivity contribution in [2.45, 2.75) is 55.3 Å². The fourth-order valence-electron chi connectivity index (χ4n) is 2.60. The summed E-state index contributed by atoms with van der Waals surface area (Å²) in [6.07, 6.45) is 2.01. The van der Waals surface area contributed by atoms with Gasteiger partial charge in [0.05, 0.1) is 0 Å². The molecule has 1 N–H and O–H groups in total. The second-order valence-electron chi connectivity index (χ2n) is 5.44. The SMILES string of the molecule is CC(O)c1ccc(C2(C[As])CCC(F)(F)CC2)cn1. The van der Waals surface area contributed by atoms with E-state index in [1.807, 2.05) is 6.07 Å². The Kier molecular flexibility index (Phi) is 4.31. The van der Waals surface area contributed by atoms with Crippen LogP contribution in [-0.4, -0.2) is 32.9 Å². The molecule has 2 radical (unpaired) electrons. The fraction of sp³-hybridized carbons (Fsp3) is 0.643. The third-order valence-corrected chi connectivity index (χ3v) is 5.34. The Labute approximate surface area is 121 Å². The summed E-state index contributed by atoms with van der Waals surface area (Å²) < 4.78 is 26.6. The van der Waals surface area contributed by atoms with Crippen LogP contribution in [0.1, 0.15) is 50.0 Å². The summed E-state index contributed by atoms with van der Waals surface area (Å²) in [5.74, 6) is -2.52. The Bertz CT molecular complexity index is 424. The number of halogens is 2. The summed E-state index contributed by atoms with van der Waals surface area (Å²) in [7, 11) is 0. The van der Waals surface area contributed by atoms with Gasteiger partial charge >= 0.3 is 121 Å². The van der Waals surface area contributed by atoms with E-state index >= 15 is 0 Å². The molecule has 2 nitrogen and oxygen atoms in total. The molecule has 2 rings (SSSR count). The Morgan fingerprint density at radius 3 is 2.37 bits per heavy atom. The van der Waals surface area contributed by atoms with E-state index in [9.17, 15) is 13.9 Å². The number of alkyl halides is 2. The second-order valence-corrected chi connectivity index (χ2v) is 6.11. The number of hydrogen-bond acceptors (Lipinski definition) is 2. The third kappa shape index (κ3) is 3.17. The molecular weight excluding hydrogens is 311 g/mol. The van der Waals surface area contributed by atoms with Crippen LogP contribution in [0, 0.1) is 0 Å². The van der Waals surface area contributed by atoms with Gasteiger partial charge in [0.15, 0.2) is 0 Å². The normalized spacial score (nSPS) is 23.0. The molecule has 1 aromatic rings. The van der Waals surface area contributed by atoms with Crippen molar-refractivity contribution in [2.24, 2.45) is 0 Å². The van der Waals surface area contributed by atoms with E-state index in [1.54, 1.807) is 19.2 Å². The zero-order valence-electron chi connectivity index (χ0n) is 10.9. The summed E-state index contributed by atoms with van der Waals surface area (Å²) in [6.45, 7) is 1.66. The van der Waals surface area contributed by atoms with Crippen LogP contribution in [-0.2, 0) is 5.41 Å². The summed E-state index contributed by atoms with van der Waals surface area (Å²) in [5, 5.41) is 10.2. The van der Waals surface area contributed by atoms with Gasteiger partial charge in [0.25, 0.3) is 0 Å². The van der Waals surface area contributed by atoms with Gasteiger partial charge in [0.2, 0.25) is 0 Å². The van der Waals surface area contributed by atoms with Gasteiger partial charge in [0, 0.05) is 0 Å². The van der Waals surface area contributed by atoms with E-state index in [0.717, 1.165) is 10.8 Å². The Hall–Kier alpha value is -0.472. The van der Waals surface area contributed by atoms with Crippen molar-refractivity contribution in [3.63, 3.8) is 0 Å². The first kappa shape index (κ1) is 14.9. The van der Waals surface area contributed by atoms with Gasteiger partial charge in [-0.3, -0.25) is 0 Å². The van der Waals surface area contributed by atoms with Gasteiger partial charge in [0.1, 0.15) is 0 Å². The molecule has 104 valence electrons. The number of aliphatic hydroxyl groups excluding tert-OH is 1. The number of pyridine rings is 1. The van der Waals surface area contributed by atoms with E-state index in [0.29, 0.717) is 18.5 Å². The van der Waals surface area contributed by atoms with Crippen molar-refractivity contribution in [3.8, 4) is 0 Å². The minimum absolute atomic E-state index is 0.0527. The maximum absolute atomic E-state index is 13.3. The first-order valence-electron chi connectivity index (χ1n) is 6.52. The first-order valence-corrected chi connectivity index (χ1v) is 7.84. The molecule has 1 aliphatic rings. The number of nitrogens with zero attached hydrogens (tertiary/aromatic N) is 1. The molecule has 0 aliphatic heterocycles. The Morgan fingerprint density at radius 1 is 1.32 bits per heavy atom. The van der Waals surface area contributed by atoms with Crippen molar-refractivity contribution in [3.05, 3.63) is 29.6 Å². The summed E-state index contributed by atoms with van der Waals surface area (Å²) in [4.78, 5) is 4.24. The van der Waals surface area contributed by atoms with Crippen molar-refractivity contribution in [1.29, 1.82) is 0 Å². The van der Waals surface area contributed by atoms with Crippen molar-refractivity contribution in [2.75, 3.05) is 0 Å². The van der Waals surface area contributed by atoms with Gasteiger partial charge in [-0.15, -0.1) is 0 Å². The molecule has 1 atom stereocenters. The van der Waals surface area contributed by atoms with Crippen molar-refractivity contribution in [1.82, 2.24) is 4.98 Å². The quantitative estimate of drug-likeness (QED) is 0.864. The van der Waals surface area contributed by atoms with Crippen LogP contribution in [0.2, 0.25) is 5.21 Å². The predicted molar refractivity (Wildman–Crippen MR) is 70.5 cm³/mol. The minimum atomic E-state index is -2.52. The summed E-state index contributed by atoms with van der Waals surface area (Å²) in [5.41, 5.74) is 1.42. The van der Waals surface area contributed by atoms with E-state index in [-0.39, 0.29) is 18.3 Å². The van der Waals surface area contributed by atoms with Gasteiger partial charge in [-0.25, -0.2) is 0 Å². The van der Waals surface area contributed by atoms with Gasteiger partial charge in [-0.05, 0) is 0 Å². The van der Waals surface area contributed by atoms with Crippen LogP contribution in [0.4, 0.5) is 8.78 Å². The molecule has 0 amide bonds. The van der Waals surface area contributed by atoms with Crippen LogP contribution < -0.4 is 0 Å². The number of aromatic nitrogens is 1. The molecule has 1 aliphatic carbocycles. The van der Waals surface area contributed by atoms with E-state index in [1.165, 1.54) is 0 Å². The number of aliphatic hydroxyl groups is 1. The van der Waals surface area contributed by atoms with Crippen LogP contribution in [0.15, 0.2) is 18.3 Å². The molecule has 1 heterocycles. The van der Waals surface area contributed by atoms with Crippen molar-refractivity contribution < 1.29 is 13.9 Å². The van der Waals surface area contributed by atoms with Crippen LogP contribution in [0.25, 0.3) is 0 Å². The topological polar surface area (TPSA) is 33.1 Å². The van der Waals surface area contributed by atoms with E-state index < -0.39 is 12.0 Å². The van der Waals surface area contributed by atoms with Gasteiger partial charge in [-0.1, -0.05) is 0 Å². The zero-order valence-corrected chi connectivity index (χ0v) is 12.8. The van der Waals surface area contributed by atoms with Gasteiger partial charge in [-0.2, -0.15) is 0 Å². The van der Waals surface area contributed by atoms with Crippen LogP contribution in [0.3, 0.4) is 0 Å². The average molecular weight is 329 g/mol. The van der Waals surface area contributed by atoms with Crippen molar-refractivity contribution >= 4 is 16.9 Å². The maximum atomic E-state index is 13.3. The zero-order chi connectivity index (χ0) is 14.1.